The van der Waals surface area contributed by atoms with Crippen LogP contribution in [0.1, 0.15) is 74.7 Å². The lowest BCUT2D eigenvalue weighted by Gasteiger charge is -2.37. The number of fused-ring (bicyclic) bond motifs is 1. The molecule has 0 nitrogen and oxygen atoms in total. The van der Waals surface area contributed by atoms with Crippen LogP contribution in [0.25, 0.3) is 0 Å². The van der Waals surface area contributed by atoms with Gasteiger partial charge in [-0.2, -0.15) is 0 Å². The van der Waals surface area contributed by atoms with Crippen LogP contribution in [0.4, 0.5) is 0 Å². The quantitative estimate of drug-likeness (QED) is 0.528. The van der Waals surface area contributed by atoms with Gasteiger partial charge in [0, 0.05) is 0 Å². The fourth-order valence-electron chi connectivity index (χ4n) is 5.36. The van der Waals surface area contributed by atoms with Crippen molar-refractivity contribution >= 4 is 0 Å². The normalized spacial score (nSPS) is 46.1. The number of rotatable bonds is 7. The third-order valence-electron chi connectivity index (χ3n) is 8.12. The highest BCUT2D eigenvalue weighted by Gasteiger charge is 2.90. The van der Waals surface area contributed by atoms with E-state index in [2.05, 4.69) is 55.4 Å². The summed E-state index contributed by atoms with van der Waals surface area (Å²) in [6.45, 7) is 19.7. The molecule has 2 saturated carbocycles. The van der Waals surface area contributed by atoms with Gasteiger partial charge < -0.3 is 0 Å². The van der Waals surface area contributed by atoms with Crippen molar-refractivity contribution in [3.05, 3.63) is 0 Å². The van der Waals surface area contributed by atoms with Crippen LogP contribution in [0.3, 0.4) is 0 Å². The van der Waals surface area contributed by atoms with Gasteiger partial charge in [0.15, 0.2) is 0 Å². The first-order chi connectivity index (χ1) is 8.76. The first-order valence-electron chi connectivity index (χ1n) is 8.76. The van der Waals surface area contributed by atoms with Gasteiger partial charge in [0.25, 0.3) is 0 Å². The molecule has 0 aromatic rings. The first-order valence-corrected chi connectivity index (χ1v) is 8.76. The topological polar surface area (TPSA) is 0 Å². The van der Waals surface area contributed by atoms with E-state index in [9.17, 15) is 0 Å². The van der Waals surface area contributed by atoms with Crippen LogP contribution in [0.15, 0.2) is 0 Å². The van der Waals surface area contributed by atoms with Crippen LogP contribution in [0.5, 0.6) is 0 Å². The molecule has 0 radical (unpaired) electrons. The number of hydrogen-bond acceptors (Lipinski definition) is 0. The Balaban J connectivity index is 1.91. The molecule has 8 unspecified atom stereocenters. The summed E-state index contributed by atoms with van der Waals surface area (Å²) in [6.07, 6.45) is 4.17. The molecule has 0 amide bonds. The van der Waals surface area contributed by atoms with E-state index < -0.39 is 0 Å². The molecule has 112 valence electrons. The summed E-state index contributed by atoms with van der Waals surface area (Å²) in [5.41, 5.74) is 1.37. The molecule has 0 aromatic carbocycles. The average Bonchev–Trinajstić information content (AvgIpc) is 3.19. The zero-order chi connectivity index (χ0) is 14.6. The molecule has 19 heavy (non-hydrogen) atoms. The molecule has 2 aliphatic rings. The molecule has 8 atom stereocenters. The van der Waals surface area contributed by atoms with Crippen molar-refractivity contribution in [3.8, 4) is 0 Å². The molecule has 0 heterocycles. The lowest BCUT2D eigenvalue weighted by molar-refractivity contribution is 0.112. The molecule has 0 N–H and O–H groups in total. The fourth-order valence-corrected chi connectivity index (χ4v) is 5.36. The van der Waals surface area contributed by atoms with Crippen LogP contribution in [0.2, 0.25) is 0 Å². The summed E-state index contributed by atoms with van der Waals surface area (Å²) in [6, 6.07) is 0. The molecule has 2 aliphatic carbocycles. The van der Waals surface area contributed by atoms with Crippen LogP contribution >= 0.6 is 0 Å². The maximum absolute atomic E-state index is 2.59. The minimum absolute atomic E-state index is 0.669. The molecule has 2 fully saturated rings. The molecule has 0 heteroatoms. The third kappa shape index (κ3) is 1.92. The summed E-state index contributed by atoms with van der Waals surface area (Å²) in [7, 11) is 0. The predicted molar refractivity (Wildman–Crippen MR) is 85.0 cm³/mol. The highest BCUT2D eigenvalue weighted by molar-refractivity contribution is 5.37. The van der Waals surface area contributed by atoms with E-state index in [-0.39, 0.29) is 0 Å². The maximum atomic E-state index is 2.59. The lowest BCUT2D eigenvalue weighted by atomic mass is 9.68. The van der Waals surface area contributed by atoms with E-state index in [1.165, 1.54) is 19.3 Å². The Morgan fingerprint density at radius 2 is 1.32 bits per heavy atom. The molecular formula is C19H36. The smallest absolute Gasteiger partial charge is 0.0198 e. The Labute approximate surface area is 121 Å². The minimum atomic E-state index is 0.669. The van der Waals surface area contributed by atoms with E-state index in [1.807, 2.05) is 0 Å². The van der Waals surface area contributed by atoms with Crippen LogP contribution < -0.4 is 0 Å². The standard InChI is InChI=1S/C19H36/c1-9-12(3)14(5)11-16-17-18(7,19(16,17)8)15(6)13(4)10-2/h12-17H,9-11H2,1-8H3. The molecule has 0 aromatic heterocycles. The highest BCUT2D eigenvalue weighted by Crippen LogP contribution is 2.94. The predicted octanol–water partition coefficient (Wildman–Crippen LogP) is 6.01. The second kappa shape index (κ2) is 4.78. The minimum Gasteiger partial charge on any atom is -0.0651 e. The van der Waals surface area contributed by atoms with Crippen LogP contribution in [-0.2, 0) is 0 Å². The molecular weight excluding hydrogens is 228 g/mol. The first kappa shape index (κ1) is 15.4. The van der Waals surface area contributed by atoms with Gasteiger partial charge in [0.1, 0.15) is 0 Å². The monoisotopic (exact) mass is 264 g/mol. The summed E-state index contributed by atoms with van der Waals surface area (Å²) < 4.78 is 0. The molecule has 0 bridgehead atoms. The van der Waals surface area contributed by atoms with Crippen LogP contribution in [0, 0.1) is 46.3 Å². The van der Waals surface area contributed by atoms with Crippen molar-refractivity contribution in [2.24, 2.45) is 46.3 Å². The number of hydrogen-bond donors (Lipinski definition) is 0. The lowest BCUT2D eigenvalue weighted by Crippen LogP contribution is -2.31. The Bertz CT molecular complexity index is 333. The van der Waals surface area contributed by atoms with Gasteiger partial charge in [-0.3, -0.25) is 0 Å². The van der Waals surface area contributed by atoms with Gasteiger partial charge >= 0.3 is 0 Å². The zero-order valence-electron chi connectivity index (χ0n) is 14.6. The van der Waals surface area contributed by atoms with Crippen LogP contribution in [-0.4, -0.2) is 0 Å². The third-order valence-corrected chi connectivity index (χ3v) is 8.12. The largest absolute Gasteiger partial charge is 0.0651 e. The Morgan fingerprint density at radius 1 is 0.842 bits per heavy atom. The van der Waals surface area contributed by atoms with E-state index in [0.717, 1.165) is 35.5 Å². The van der Waals surface area contributed by atoms with Gasteiger partial charge in [0.05, 0.1) is 0 Å². The van der Waals surface area contributed by atoms with Crippen molar-refractivity contribution in [1.29, 1.82) is 0 Å². The summed E-state index contributed by atoms with van der Waals surface area (Å²) in [5.74, 6) is 5.72. The van der Waals surface area contributed by atoms with Crippen molar-refractivity contribution in [1.82, 2.24) is 0 Å². The second-order valence-corrected chi connectivity index (χ2v) is 8.42. The van der Waals surface area contributed by atoms with Crippen molar-refractivity contribution in [3.63, 3.8) is 0 Å². The van der Waals surface area contributed by atoms with E-state index in [0.29, 0.717) is 10.8 Å². The second-order valence-electron chi connectivity index (χ2n) is 8.42. The van der Waals surface area contributed by atoms with Gasteiger partial charge in [-0.1, -0.05) is 68.2 Å². The molecule has 0 saturated heterocycles. The van der Waals surface area contributed by atoms with E-state index in [1.54, 1.807) is 0 Å². The van der Waals surface area contributed by atoms with Gasteiger partial charge in [-0.05, 0) is 52.8 Å². The highest BCUT2D eigenvalue weighted by atomic mass is 14.9. The Kier molecular flexibility index (Phi) is 3.87. The van der Waals surface area contributed by atoms with Crippen molar-refractivity contribution in [2.75, 3.05) is 0 Å². The van der Waals surface area contributed by atoms with Crippen molar-refractivity contribution in [2.45, 2.75) is 74.7 Å². The molecule has 2 rings (SSSR count). The van der Waals surface area contributed by atoms with E-state index in [4.69, 9.17) is 0 Å². The SMILES string of the molecule is CCC(C)C(C)CC1C2C(C)(C(C)C(C)CC)C12C. The van der Waals surface area contributed by atoms with E-state index >= 15 is 0 Å². The van der Waals surface area contributed by atoms with Crippen molar-refractivity contribution < 1.29 is 0 Å². The summed E-state index contributed by atoms with van der Waals surface area (Å²) in [4.78, 5) is 0. The van der Waals surface area contributed by atoms with Gasteiger partial charge in [-0.15, -0.1) is 0 Å². The summed E-state index contributed by atoms with van der Waals surface area (Å²) >= 11 is 0. The molecule has 0 spiro atoms. The Morgan fingerprint density at radius 3 is 1.74 bits per heavy atom. The average molecular weight is 264 g/mol. The Hall–Kier alpha value is 0. The fraction of sp³-hybridized carbons (Fsp3) is 1.00. The maximum Gasteiger partial charge on any atom is -0.0198 e. The molecule has 0 aliphatic heterocycles. The zero-order valence-corrected chi connectivity index (χ0v) is 14.6. The van der Waals surface area contributed by atoms with Gasteiger partial charge in [0.2, 0.25) is 0 Å². The van der Waals surface area contributed by atoms with Gasteiger partial charge in [-0.25, -0.2) is 0 Å². The summed E-state index contributed by atoms with van der Waals surface area (Å²) in [5, 5.41) is 0.